The first-order valence-corrected chi connectivity index (χ1v) is 8.52. The third-order valence-corrected chi connectivity index (χ3v) is 3.98. The fourth-order valence-corrected chi connectivity index (χ4v) is 2.71. The number of carbonyl (C=O) groups is 3. The standard InChI is InChI=1S/C18H25N3O4.ClH/c1-13(22)20-16(21-18(24)15-8-5-9-19-11-15)10-17(23)25-12-14-6-3-2-4-7-14;/h2-4,6-7,15-16,19H,5,8-12H2,1H3,(H,20,22)(H,21,24);1H/t15-,16+;/m1./s1. The molecule has 0 spiro atoms. The average molecular weight is 384 g/mol. The van der Waals surface area contributed by atoms with E-state index in [1.165, 1.54) is 6.92 Å². The van der Waals surface area contributed by atoms with E-state index in [2.05, 4.69) is 16.0 Å². The largest absolute Gasteiger partial charge is 0.461 e. The van der Waals surface area contributed by atoms with Crippen molar-refractivity contribution in [2.24, 2.45) is 5.92 Å². The average Bonchev–Trinajstić information content (AvgIpc) is 2.61. The molecule has 0 aliphatic carbocycles. The summed E-state index contributed by atoms with van der Waals surface area (Å²) in [5.74, 6) is -1.11. The lowest BCUT2D eigenvalue weighted by molar-refractivity contribution is -0.146. The van der Waals surface area contributed by atoms with Crippen LogP contribution < -0.4 is 16.0 Å². The van der Waals surface area contributed by atoms with Crippen molar-refractivity contribution in [3.05, 3.63) is 35.9 Å². The fourth-order valence-electron chi connectivity index (χ4n) is 2.71. The van der Waals surface area contributed by atoms with Crippen LogP contribution in [0.5, 0.6) is 0 Å². The predicted octanol–water partition coefficient (Wildman–Crippen LogP) is 1.12. The molecule has 2 atom stereocenters. The number of amides is 2. The van der Waals surface area contributed by atoms with Crippen LogP contribution in [0.3, 0.4) is 0 Å². The van der Waals surface area contributed by atoms with E-state index in [1.807, 2.05) is 30.3 Å². The van der Waals surface area contributed by atoms with Crippen molar-refractivity contribution in [1.82, 2.24) is 16.0 Å². The van der Waals surface area contributed by atoms with Crippen molar-refractivity contribution in [2.45, 2.75) is 39.0 Å². The molecule has 1 aliphatic heterocycles. The van der Waals surface area contributed by atoms with Gasteiger partial charge in [0.05, 0.1) is 12.3 Å². The summed E-state index contributed by atoms with van der Waals surface area (Å²) in [7, 11) is 0. The summed E-state index contributed by atoms with van der Waals surface area (Å²) in [5, 5.41) is 8.49. The van der Waals surface area contributed by atoms with Crippen LogP contribution in [0.4, 0.5) is 0 Å². The highest BCUT2D eigenvalue weighted by atomic mass is 35.5. The van der Waals surface area contributed by atoms with Crippen LogP contribution in [0.25, 0.3) is 0 Å². The molecule has 1 heterocycles. The smallest absolute Gasteiger partial charge is 0.310 e. The Morgan fingerprint density at radius 1 is 1.23 bits per heavy atom. The minimum Gasteiger partial charge on any atom is -0.461 e. The Bertz CT molecular complexity index is 591. The maximum absolute atomic E-state index is 12.3. The van der Waals surface area contributed by atoms with Crippen LogP contribution in [0.1, 0.15) is 31.7 Å². The molecule has 2 rings (SSSR count). The second-order valence-corrected chi connectivity index (χ2v) is 6.16. The first-order chi connectivity index (χ1) is 12.0. The second-order valence-electron chi connectivity index (χ2n) is 6.16. The Labute approximate surface area is 159 Å². The number of piperidine rings is 1. The van der Waals surface area contributed by atoms with Gasteiger partial charge >= 0.3 is 5.97 Å². The molecule has 1 fully saturated rings. The number of esters is 1. The predicted molar refractivity (Wildman–Crippen MR) is 99.4 cm³/mol. The molecule has 0 aromatic heterocycles. The van der Waals surface area contributed by atoms with E-state index in [0.29, 0.717) is 6.54 Å². The minimum absolute atomic E-state index is 0. The number of benzene rings is 1. The lowest BCUT2D eigenvalue weighted by Gasteiger charge is -2.25. The van der Waals surface area contributed by atoms with E-state index in [-0.39, 0.29) is 43.2 Å². The minimum atomic E-state index is -0.768. The zero-order valence-corrected chi connectivity index (χ0v) is 15.6. The molecule has 1 saturated heterocycles. The van der Waals surface area contributed by atoms with E-state index in [9.17, 15) is 14.4 Å². The van der Waals surface area contributed by atoms with Gasteiger partial charge in [-0.05, 0) is 24.9 Å². The van der Waals surface area contributed by atoms with Crippen molar-refractivity contribution >= 4 is 30.2 Å². The van der Waals surface area contributed by atoms with Crippen LogP contribution in [0.15, 0.2) is 30.3 Å². The van der Waals surface area contributed by atoms with Gasteiger partial charge in [0.15, 0.2) is 0 Å². The van der Waals surface area contributed by atoms with Gasteiger partial charge in [0.1, 0.15) is 12.8 Å². The molecule has 0 unspecified atom stereocenters. The Kier molecular flexibility index (Phi) is 9.69. The van der Waals surface area contributed by atoms with E-state index >= 15 is 0 Å². The lowest BCUT2D eigenvalue weighted by Crippen LogP contribution is -2.52. The van der Waals surface area contributed by atoms with Gasteiger partial charge in [-0.15, -0.1) is 12.4 Å². The molecule has 1 aromatic rings. The topological polar surface area (TPSA) is 96.5 Å². The summed E-state index contributed by atoms with van der Waals surface area (Å²) in [5.41, 5.74) is 0.879. The van der Waals surface area contributed by atoms with E-state index in [4.69, 9.17) is 4.74 Å². The number of hydrogen-bond donors (Lipinski definition) is 3. The van der Waals surface area contributed by atoms with Crippen molar-refractivity contribution in [3.8, 4) is 0 Å². The van der Waals surface area contributed by atoms with Crippen molar-refractivity contribution in [3.63, 3.8) is 0 Å². The number of carbonyl (C=O) groups excluding carboxylic acids is 3. The summed E-state index contributed by atoms with van der Waals surface area (Å²) in [6.07, 6.45) is 0.847. The molecule has 1 aromatic carbocycles. The van der Waals surface area contributed by atoms with Crippen molar-refractivity contribution in [1.29, 1.82) is 0 Å². The van der Waals surface area contributed by atoms with Gasteiger partial charge in [-0.1, -0.05) is 30.3 Å². The zero-order valence-electron chi connectivity index (χ0n) is 14.8. The number of rotatable bonds is 7. The van der Waals surface area contributed by atoms with Crippen LogP contribution in [-0.4, -0.2) is 37.0 Å². The van der Waals surface area contributed by atoms with Gasteiger partial charge in [0, 0.05) is 13.5 Å². The molecule has 0 radical (unpaired) electrons. The molecule has 0 bridgehead atoms. The Hall–Kier alpha value is -2.12. The molecule has 26 heavy (non-hydrogen) atoms. The molecule has 144 valence electrons. The van der Waals surface area contributed by atoms with Crippen LogP contribution >= 0.6 is 12.4 Å². The molecule has 0 saturated carbocycles. The van der Waals surface area contributed by atoms with Crippen molar-refractivity contribution in [2.75, 3.05) is 13.1 Å². The van der Waals surface area contributed by atoms with Crippen molar-refractivity contribution < 1.29 is 19.1 Å². The summed E-state index contributed by atoms with van der Waals surface area (Å²) in [6, 6.07) is 9.32. The molecular weight excluding hydrogens is 358 g/mol. The van der Waals surface area contributed by atoms with Crippen LogP contribution in [0.2, 0.25) is 0 Å². The second kappa shape index (κ2) is 11.5. The Balaban J connectivity index is 0.00000338. The van der Waals surface area contributed by atoms with Crippen LogP contribution in [0, 0.1) is 5.92 Å². The highest BCUT2D eigenvalue weighted by Gasteiger charge is 2.25. The quantitative estimate of drug-likeness (QED) is 0.484. The monoisotopic (exact) mass is 383 g/mol. The molecular formula is C18H26ClN3O4. The van der Waals surface area contributed by atoms with Gasteiger partial charge in [0.25, 0.3) is 0 Å². The lowest BCUT2D eigenvalue weighted by atomic mass is 9.98. The molecule has 3 N–H and O–H groups in total. The SMILES string of the molecule is CC(=O)N[C@H](CC(=O)OCc1ccccc1)NC(=O)[C@@H]1CCCNC1.Cl. The molecule has 1 aliphatic rings. The Morgan fingerprint density at radius 2 is 1.96 bits per heavy atom. The van der Waals surface area contributed by atoms with Gasteiger partial charge in [-0.3, -0.25) is 14.4 Å². The number of ether oxygens (including phenoxy) is 1. The molecule has 8 heteroatoms. The number of halogens is 1. The summed E-state index contributed by atoms with van der Waals surface area (Å²) in [6.45, 7) is 3.02. The van der Waals surface area contributed by atoms with Gasteiger partial charge in [-0.25, -0.2) is 0 Å². The highest BCUT2D eigenvalue weighted by molar-refractivity contribution is 5.85. The number of hydrogen-bond acceptors (Lipinski definition) is 5. The van der Waals surface area contributed by atoms with Gasteiger partial charge in [0.2, 0.25) is 11.8 Å². The third kappa shape index (κ3) is 7.84. The number of nitrogens with one attached hydrogen (secondary N) is 3. The molecule has 2 amide bonds. The first-order valence-electron chi connectivity index (χ1n) is 8.52. The van der Waals surface area contributed by atoms with Crippen LogP contribution in [-0.2, 0) is 25.7 Å². The third-order valence-electron chi connectivity index (χ3n) is 3.98. The maximum atomic E-state index is 12.3. The zero-order chi connectivity index (χ0) is 18.1. The summed E-state index contributed by atoms with van der Waals surface area (Å²) in [4.78, 5) is 35.7. The van der Waals surface area contributed by atoms with E-state index in [1.54, 1.807) is 0 Å². The fraction of sp³-hybridized carbons (Fsp3) is 0.500. The van der Waals surface area contributed by atoms with Gasteiger partial charge in [-0.2, -0.15) is 0 Å². The molecule has 7 nitrogen and oxygen atoms in total. The normalized spacial score (nSPS) is 17.3. The summed E-state index contributed by atoms with van der Waals surface area (Å²) < 4.78 is 5.21. The van der Waals surface area contributed by atoms with E-state index in [0.717, 1.165) is 24.9 Å². The Morgan fingerprint density at radius 3 is 2.58 bits per heavy atom. The summed E-state index contributed by atoms with van der Waals surface area (Å²) >= 11 is 0. The first kappa shape index (κ1) is 21.9. The van der Waals surface area contributed by atoms with Gasteiger partial charge < -0.3 is 20.7 Å². The highest BCUT2D eigenvalue weighted by Crippen LogP contribution is 2.10. The van der Waals surface area contributed by atoms with E-state index < -0.39 is 12.1 Å². The maximum Gasteiger partial charge on any atom is 0.310 e.